The second kappa shape index (κ2) is 5.45. The topological polar surface area (TPSA) is 16.1 Å². The van der Waals surface area contributed by atoms with E-state index < -0.39 is 0 Å². The average molecular weight is 273 g/mol. The third-order valence-electron chi connectivity index (χ3n) is 3.10. The van der Waals surface area contributed by atoms with Crippen molar-refractivity contribution in [1.29, 1.82) is 0 Å². The molecule has 1 heterocycles. The van der Waals surface area contributed by atoms with Crippen LogP contribution in [0.2, 0.25) is 5.02 Å². The van der Waals surface area contributed by atoms with Crippen molar-refractivity contribution in [2.45, 2.75) is 13.8 Å². The molecule has 1 aromatic carbocycles. The molecular weight excluding hydrogens is 256 g/mol. The number of allylic oxidation sites excluding steroid dienone is 1. The minimum atomic E-state index is 0.735. The second-order valence-electron chi connectivity index (χ2n) is 4.67. The summed E-state index contributed by atoms with van der Waals surface area (Å²) in [6.45, 7) is 7.95. The summed E-state index contributed by atoms with van der Waals surface area (Å²) < 4.78 is 0. The highest BCUT2D eigenvalue weighted by molar-refractivity contribution is 6.30. The lowest BCUT2D eigenvalue weighted by Crippen LogP contribution is -2.15. The summed E-state index contributed by atoms with van der Waals surface area (Å²) >= 11 is 6.02. The van der Waals surface area contributed by atoms with E-state index in [0.717, 1.165) is 33.2 Å². The molecule has 0 spiro atoms. The predicted molar refractivity (Wildman–Crippen MR) is 82.6 cm³/mol. The van der Waals surface area contributed by atoms with E-state index in [4.69, 9.17) is 11.6 Å². The van der Waals surface area contributed by atoms with Crippen LogP contribution >= 0.6 is 11.6 Å². The Balaban J connectivity index is 2.42. The van der Waals surface area contributed by atoms with Crippen LogP contribution < -0.4 is 4.90 Å². The zero-order valence-corrected chi connectivity index (χ0v) is 12.2. The van der Waals surface area contributed by atoms with Gasteiger partial charge in [-0.05, 0) is 43.2 Å². The van der Waals surface area contributed by atoms with Crippen molar-refractivity contribution in [2.24, 2.45) is 0 Å². The molecule has 2 aromatic rings. The number of hydrogen-bond donors (Lipinski definition) is 0. The van der Waals surface area contributed by atoms with E-state index in [-0.39, 0.29) is 0 Å². The zero-order chi connectivity index (χ0) is 14.0. The first-order valence-electron chi connectivity index (χ1n) is 6.11. The molecule has 0 fully saturated rings. The number of benzene rings is 1. The van der Waals surface area contributed by atoms with Crippen LogP contribution in [0.5, 0.6) is 0 Å². The minimum Gasteiger partial charge on any atom is -0.334 e. The Hall–Kier alpha value is -1.80. The minimum absolute atomic E-state index is 0.735. The van der Waals surface area contributed by atoms with Gasteiger partial charge in [0.1, 0.15) is 5.82 Å². The second-order valence-corrected chi connectivity index (χ2v) is 5.11. The number of nitrogens with zero attached hydrogens (tertiary/aromatic N) is 2. The molecule has 98 valence electrons. The lowest BCUT2D eigenvalue weighted by Gasteiger charge is -2.20. The third-order valence-corrected chi connectivity index (χ3v) is 3.33. The van der Waals surface area contributed by atoms with Crippen molar-refractivity contribution in [2.75, 3.05) is 11.9 Å². The van der Waals surface area contributed by atoms with Crippen LogP contribution in [0.15, 0.2) is 48.8 Å². The lowest BCUT2D eigenvalue weighted by molar-refractivity contribution is 1.03. The molecule has 0 aliphatic rings. The van der Waals surface area contributed by atoms with Crippen LogP contribution in [0, 0.1) is 6.92 Å². The summed E-state index contributed by atoms with van der Waals surface area (Å²) in [7, 11) is 1.97. The molecule has 0 saturated heterocycles. The van der Waals surface area contributed by atoms with Crippen LogP contribution in [-0.4, -0.2) is 12.0 Å². The number of aryl methyl sites for hydroxylation is 1. The lowest BCUT2D eigenvalue weighted by atomic mass is 10.1. The van der Waals surface area contributed by atoms with E-state index in [1.54, 1.807) is 0 Å². The third kappa shape index (κ3) is 2.96. The first-order chi connectivity index (χ1) is 8.99. The molecule has 3 heteroatoms. The molecule has 1 aromatic heterocycles. The fourth-order valence-corrected chi connectivity index (χ4v) is 2.12. The predicted octanol–water partition coefficient (Wildman–Crippen LogP) is 4.68. The number of pyridine rings is 1. The smallest absolute Gasteiger partial charge is 0.135 e. The summed E-state index contributed by atoms with van der Waals surface area (Å²) in [5.41, 5.74) is 4.22. The molecule has 19 heavy (non-hydrogen) atoms. The van der Waals surface area contributed by atoms with E-state index in [1.165, 1.54) is 0 Å². The standard InChI is InChI=1S/C16H17ClN2/c1-11(2)19(4)16-12(3)8-14(10-18-16)13-6-5-7-15(17)9-13/h5-10H,1H2,2-4H3. The van der Waals surface area contributed by atoms with Crippen molar-refractivity contribution < 1.29 is 0 Å². The van der Waals surface area contributed by atoms with Gasteiger partial charge in [-0.3, -0.25) is 0 Å². The highest BCUT2D eigenvalue weighted by Gasteiger charge is 2.08. The molecule has 0 bridgehead atoms. The van der Waals surface area contributed by atoms with Gasteiger partial charge in [-0.1, -0.05) is 30.3 Å². The Morgan fingerprint density at radius 1 is 1.26 bits per heavy atom. The Morgan fingerprint density at radius 2 is 2.00 bits per heavy atom. The molecule has 0 atom stereocenters. The molecule has 2 rings (SSSR count). The number of aromatic nitrogens is 1. The molecule has 0 aliphatic carbocycles. The van der Waals surface area contributed by atoms with Gasteiger partial charge >= 0.3 is 0 Å². The molecule has 2 nitrogen and oxygen atoms in total. The Kier molecular flexibility index (Phi) is 3.91. The van der Waals surface area contributed by atoms with Gasteiger partial charge in [0.15, 0.2) is 0 Å². The van der Waals surface area contributed by atoms with E-state index in [1.807, 2.05) is 49.3 Å². The quantitative estimate of drug-likeness (QED) is 0.806. The van der Waals surface area contributed by atoms with Crippen molar-refractivity contribution in [3.63, 3.8) is 0 Å². The average Bonchev–Trinajstić information content (AvgIpc) is 2.37. The fraction of sp³-hybridized carbons (Fsp3) is 0.188. The maximum atomic E-state index is 6.02. The molecule has 0 saturated carbocycles. The van der Waals surface area contributed by atoms with Gasteiger partial charge in [0.25, 0.3) is 0 Å². The van der Waals surface area contributed by atoms with E-state index in [2.05, 4.69) is 24.6 Å². The summed E-state index contributed by atoms with van der Waals surface area (Å²) in [5, 5.41) is 0.735. The number of anilines is 1. The summed E-state index contributed by atoms with van der Waals surface area (Å²) in [6.07, 6.45) is 1.87. The molecule has 0 unspecified atom stereocenters. The van der Waals surface area contributed by atoms with Crippen LogP contribution in [0.1, 0.15) is 12.5 Å². The highest BCUT2D eigenvalue weighted by Crippen LogP contribution is 2.26. The van der Waals surface area contributed by atoms with Crippen LogP contribution in [0.25, 0.3) is 11.1 Å². The molecule has 0 aliphatic heterocycles. The Morgan fingerprint density at radius 3 is 2.58 bits per heavy atom. The number of halogens is 1. The maximum Gasteiger partial charge on any atom is 0.135 e. The Bertz CT molecular complexity index is 620. The van der Waals surface area contributed by atoms with E-state index in [0.29, 0.717) is 0 Å². The molecule has 0 N–H and O–H groups in total. The van der Waals surface area contributed by atoms with Crippen LogP contribution in [0.3, 0.4) is 0 Å². The first-order valence-corrected chi connectivity index (χ1v) is 6.48. The number of hydrogen-bond acceptors (Lipinski definition) is 2. The maximum absolute atomic E-state index is 6.02. The first kappa shape index (κ1) is 13.6. The summed E-state index contributed by atoms with van der Waals surface area (Å²) in [5.74, 6) is 0.929. The monoisotopic (exact) mass is 272 g/mol. The summed E-state index contributed by atoms with van der Waals surface area (Å²) in [4.78, 5) is 6.51. The van der Waals surface area contributed by atoms with Gasteiger partial charge in [0, 0.05) is 29.5 Å². The van der Waals surface area contributed by atoms with Crippen molar-refractivity contribution in [3.05, 3.63) is 59.4 Å². The van der Waals surface area contributed by atoms with Crippen LogP contribution in [-0.2, 0) is 0 Å². The molecule has 0 radical (unpaired) electrons. The Labute approximate surface area is 119 Å². The highest BCUT2D eigenvalue weighted by atomic mass is 35.5. The van der Waals surface area contributed by atoms with E-state index in [9.17, 15) is 0 Å². The van der Waals surface area contributed by atoms with E-state index >= 15 is 0 Å². The zero-order valence-electron chi connectivity index (χ0n) is 11.4. The fourth-order valence-electron chi connectivity index (χ4n) is 1.93. The summed E-state index contributed by atoms with van der Waals surface area (Å²) in [6, 6.07) is 9.91. The van der Waals surface area contributed by atoms with Gasteiger partial charge in [-0.15, -0.1) is 0 Å². The molecule has 0 amide bonds. The molecular formula is C16H17ClN2. The number of rotatable bonds is 3. The van der Waals surface area contributed by atoms with Gasteiger partial charge in [0.05, 0.1) is 0 Å². The van der Waals surface area contributed by atoms with Gasteiger partial charge < -0.3 is 4.90 Å². The van der Waals surface area contributed by atoms with Crippen molar-refractivity contribution in [1.82, 2.24) is 4.98 Å². The van der Waals surface area contributed by atoms with Gasteiger partial charge in [0.2, 0.25) is 0 Å². The SMILES string of the molecule is C=C(C)N(C)c1ncc(-c2cccc(Cl)c2)cc1C. The van der Waals surface area contributed by atoms with Gasteiger partial charge in [-0.25, -0.2) is 4.98 Å². The van der Waals surface area contributed by atoms with Crippen LogP contribution in [0.4, 0.5) is 5.82 Å². The van der Waals surface area contributed by atoms with Crippen molar-refractivity contribution >= 4 is 17.4 Å². The normalized spacial score (nSPS) is 10.3. The van der Waals surface area contributed by atoms with Crippen molar-refractivity contribution in [3.8, 4) is 11.1 Å². The largest absolute Gasteiger partial charge is 0.334 e. The van der Waals surface area contributed by atoms with Gasteiger partial charge in [-0.2, -0.15) is 0 Å².